The van der Waals surface area contributed by atoms with E-state index in [1.54, 1.807) is 0 Å². The van der Waals surface area contributed by atoms with Gasteiger partial charge in [0, 0.05) is 18.1 Å². The van der Waals surface area contributed by atoms with E-state index in [1.165, 1.54) is 51.5 Å². The minimum atomic E-state index is 0.709. The van der Waals surface area contributed by atoms with E-state index in [4.69, 9.17) is 0 Å². The van der Waals surface area contributed by atoms with Crippen LogP contribution in [0.3, 0.4) is 0 Å². The molecular weight excluding hydrogens is 244 g/mol. The van der Waals surface area contributed by atoms with Crippen LogP contribution in [-0.4, -0.2) is 36.1 Å². The molecule has 0 spiro atoms. The Morgan fingerprint density at radius 1 is 1.00 bits per heavy atom. The molecule has 2 rings (SSSR count). The van der Waals surface area contributed by atoms with Crippen molar-refractivity contribution in [2.24, 2.45) is 11.8 Å². The number of nitrogens with one attached hydrogen (secondary N) is 1. The van der Waals surface area contributed by atoms with Crippen molar-refractivity contribution < 1.29 is 0 Å². The standard InChI is InChI=1S/C18H36N2/c1-5-19-17-13-14(3)12-15(4)18(17)20(6-2)16-10-8-7-9-11-16/h14-19H,5-13H2,1-4H3. The summed E-state index contributed by atoms with van der Waals surface area (Å²) < 4.78 is 0. The fraction of sp³-hybridized carbons (Fsp3) is 1.00. The van der Waals surface area contributed by atoms with Crippen LogP contribution in [0.4, 0.5) is 0 Å². The van der Waals surface area contributed by atoms with Crippen molar-refractivity contribution in [2.75, 3.05) is 13.1 Å². The van der Waals surface area contributed by atoms with E-state index in [1.807, 2.05) is 0 Å². The molecule has 118 valence electrons. The summed E-state index contributed by atoms with van der Waals surface area (Å²) in [5, 5.41) is 3.81. The monoisotopic (exact) mass is 280 g/mol. The van der Waals surface area contributed by atoms with Gasteiger partial charge in [-0.1, -0.05) is 47.0 Å². The van der Waals surface area contributed by atoms with E-state index < -0.39 is 0 Å². The first-order valence-electron chi connectivity index (χ1n) is 9.16. The van der Waals surface area contributed by atoms with Crippen molar-refractivity contribution in [3.05, 3.63) is 0 Å². The molecule has 4 atom stereocenters. The van der Waals surface area contributed by atoms with Crippen molar-refractivity contribution in [2.45, 2.75) is 90.8 Å². The van der Waals surface area contributed by atoms with Crippen molar-refractivity contribution >= 4 is 0 Å². The zero-order chi connectivity index (χ0) is 14.5. The molecule has 2 aliphatic rings. The predicted molar refractivity (Wildman–Crippen MR) is 88.1 cm³/mol. The molecule has 0 heterocycles. The van der Waals surface area contributed by atoms with Crippen molar-refractivity contribution in [3.8, 4) is 0 Å². The summed E-state index contributed by atoms with van der Waals surface area (Å²) in [6, 6.07) is 2.33. The Balaban J connectivity index is 2.10. The topological polar surface area (TPSA) is 15.3 Å². The fourth-order valence-corrected chi connectivity index (χ4v) is 4.99. The third-order valence-electron chi connectivity index (χ3n) is 5.68. The third kappa shape index (κ3) is 3.76. The molecule has 2 aliphatic carbocycles. The first-order chi connectivity index (χ1) is 9.67. The number of nitrogens with zero attached hydrogens (tertiary/aromatic N) is 1. The Labute approximate surface area is 126 Å². The molecule has 2 heteroatoms. The molecule has 20 heavy (non-hydrogen) atoms. The largest absolute Gasteiger partial charge is 0.313 e. The predicted octanol–water partition coefficient (Wildman–Crippen LogP) is 4.05. The molecule has 0 aromatic carbocycles. The van der Waals surface area contributed by atoms with Crippen LogP contribution >= 0.6 is 0 Å². The number of hydrogen-bond donors (Lipinski definition) is 1. The van der Waals surface area contributed by atoms with Gasteiger partial charge in [0.25, 0.3) is 0 Å². The summed E-state index contributed by atoms with van der Waals surface area (Å²) in [4.78, 5) is 2.88. The Hall–Kier alpha value is -0.0800. The lowest BCUT2D eigenvalue weighted by atomic mass is 9.74. The molecule has 2 nitrogen and oxygen atoms in total. The van der Waals surface area contributed by atoms with Gasteiger partial charge in [-0.3, -0.25) is 4.90 Å². The van der Waals surface area contributed by atoms with Gasteiger partial charge >= 0.3 is 0 Å². The molecule has 2 saturated carbocycles. The SMILES string of the molecule is CCNC1CC(C)CC(C)C1N(CC)C1CCCCC1. The lowest BCUT2D eigenvalue weighted by molar-refractivity contribution is 0.0220. The molecule has 0 aromatic rings. The van der Waals surface area contributed by atoms with Gasteiger partial charge < -0.3 is 5.32 Å². The molecule has 0 amide bonds. The summed E-state index contributed by atoms with van der Waals surface area (Å²) >= 11 is 0. The van der Waals surface area contributed by atoms with Gasteiger partial charge in [0.2, 0.25) is 0 Å². The summed E-state index contributed by atoms with van der Waals surface area (Å²) in [5.41, 5.74) is 0. The van der Waals surface area contributed by atoms with Gasteiger partial charge in [0.1, 0.15) is 0 Å². The second kappa shape index (κ2) is 7.79. The van der Waals surface area contributed by atoms with Gasteiger partial charge in [0.05, 0.1) is 0 Å². The van der Waals surface area contributed by atoms with E-state index in [0.717, 1.165) is 30.5 Å². The van der Waals surface area contributed by atoms with Crippen molar-refractivity contribution in [1.82, 2.24) is 10.2 Å². The smallest absolute Gasteiger partial charge is 0.0277 e. The van der Waals surface area contributed by atoms with Gasteiger partial charge in [0.15, 0.2) is 0 Å². The molecule has 0 aliphatic heterocycles. The van der Waals surface area contributed by atoms with E-state index >= 15 is 0 Å². The number of likely N-dealkylation sites (N-methyl/N-ethyl adjacent to an activating group) is 2. The average molecular weight is 280 g/mol. The normalized spacial score (nSPS) is 36.5. The van der Waals surface area contributed by atoms with Crippen LogP contribution in [0.15, 0.2) is 0 Å². The fourth-order valence-electron chi connectivity index (χ4n) is 4.99. The summed E-state index contributed by atoms with van der Waals surface area (Å²) in [6.45, 7) is 11.9. The van der Waals surface area contributed by atoms with E-state index in [-0.39, 0.29) is 0 Å². The van der Waals surface area contributed by atoms with Crippen molar-refractivity contribution in [1.29, 1.82) is 0 Å². The third-order valence-corrected chi connectivity index (χ3v) is 5.68. The zero-order valence-electron chi connectivity index (χ0n) is 14.2. The average Bonchev–Trinajstić information content (AvgIpc) is 2.44. The van der Waals surface area contributed by atoms with Gasteiger partial charge in [-0.25, -0.2) is 0 Å². The molecule has 0 bridgehead atoms. The molecule has 4 unspecified atom stereocenters. The van der Waals surface area contributed by atoms with Crippen LogP contribution in [0, 0.1) is 11.8 Å². The van der Waals surface area contributed by atoms with E-state index in [2.05, 4.69) is 37.9 Å². The molecule has 0 saturated heterocycles. The Morgan fingerprint density at radius 3 is 2.30 bits per heavy atom. The van der Waals surface area contributed by atoms with Gasteiger partial charge in [-0.15, -0.1) is 0 Å². The lowest BCUT2D eigenvalue weighted by Gasteiger charge is -2.49. The molecule has 0 aromatic heterocycles. The van der Waals surface area contributed by atoms with Crippen LogP contribution in [0.25, 0.3) is 0 Å². The Bertz CT molecular complexity index is 273. The molecule has 0 radical (unpaired) electrons. The first-order valence-corrected chi connectivity index (χ1v) is 9.16. The van der Waals surface area contributed by atoms with Crippen LogP contribution in [0.1, 0.15) is 72.6 Å². The highest BCUT2D eigenvalue weighted by Gasteiger charge is 2.39. The quantitative estimate of drug-likeness (QED) is 0.817. The minimum Gasteiger partial charge on any atom is -0.313 e. The second-order valence-electron chi connectivity index (χ2n) is 7.33. The van der Waals surface area contributed by atoms with Gasteiger partial charge in [-0.2, -0.15) is 0 Å². The highest BCUT2D eigenvalue weighted by Crippen LogP contribution is 2.35. The highest BCUT2D eigenvalue weighted by molar-refractivity contribution is 4.96. The van der Waals surface area contributed by atoms with Gasteiger partial charge in [-0.05, 0) is 50.6 Å². The minimum absolute atomic E-state index is 0.709. The van der Waals surface area contributed by atoms with Crippen molar-refractivity contribution in [3.63, 3.8) is 0 Å². The number of rotatable bonds is 5. The highest BCUT2D eigenvalue weighted by atomic mass is 15.2. The second-order valence-corrected chi connectivity index (χ2v) is 7.33. The van der Waals surface area contributed by atoms with Crippen LogP contribution in [0.2, 0.25) is 0 Å². The molecule has 2 fully saturated rings. The van der Waals surface area contributed by atoms with Crippen LogP contribution in [0.5, 0.6) is 0 Å². The summed E-state index contributed by atoms with van der Waals surface area (Å²) in [5.74, 6) is 1.72. The summed E-state index contributed by atoms with van der Waals surface area (Å²) in [7, 11) is 0. The van der Waals surface area contributed by atoms with E-state index in [9.17, 15) is 0 Å². The Morgan fingerprint density at radius 2 is 1.70 bits per heavy atom. The first kappa shape index (κ1) is 16.3. The summed E-state index contributed by atoms with van der Waals surface area (Å²) in [6.07, 6.45) is 10.0. The molecular formula is C18H36N2. The maximum atomic E-state index is 3.81. The lowest BCUT2D eigenvalue weighted by Crippen LogP contribution is -2.59. The van der Waals surface area contributed by atoms with E-state index in [0.29, 0.717) is 6.04 Å². The Kier molecular flexibility index (Phi) is 6.35. The van der Waals surface area contributed by atoms with Crippen LogP contribution < -0.4 is 5.32 Å². The van der Waals surface area contributed by atoms with Crippen LogP contribution in [-0.2, 0) is 0 Å². The maximum absolute atomic E-state index is 3.81. The molecule has 1 N–H and O–H groups in total. The number of hydrogen-bond acceptors (Lipinski definition) is 2. The zero-order valence-corrected chi connectivity index (χ0v) is 14.2. The maximum Gasteiger partial charge on any atom is 0.0277 e.